The van der Waals surface area contributed by atoms with Gasteiger partial charge in [0, 0.05) is 5.56 Å². The normalized spacial score (nSPS) is 11.1. The van der Waals surface area contributed by atoms with Crippen LogP contribution in [0, 0.1) is 6.92 Å². The first-order valence-electron chi connectivity index (χ1n) is 6.10. The summed E-state index contributed by atoms with van der Waals surface area (Å²) in [5.74, 6) is -1.36. The van der Waals surface area contributed by atoms with Gasteiger partial charge in [0.25, 0.3) is 11.8 Å². The topological polar surface area (TPSA) is 58.2 Å². The molecule has 0 spiro atoms. The molecule has 0 aliphatic rings. The Hall–Kier alpha value is -2.35. The lowest BCUT2D eigenvalue weighted by atomic mass is 10.1. The van der Waals surface area contributed by atoms with Crippen molar-refractivity contribution in [2.75, 3.05) is 0 Å². The molecule has 2 N–H and O–H groups in total. The molecule has 1 aromatic carbocycles. The van der Waals surface area contributed by atoms with Crippen LogP contribution >= 0.6 is 11.3 Å². The van der Waals surface area contributed by atoms with Crippen molar-refractivity contribution in [1.82, 2.24) is 10.9 Å². The second kappa shape index (κ2) is 6.18. The van der Waals surface area contributed by atoms with Crippen molar-refractivity contribution >= 4 is 23.2 Å². The third kappa shape index (κ3) is 3.85. The molecular weight excluding hydrogens is 317 g/mol. The van der Waals surface area contributed by atoms with Crippen LogP contribution in [0.4, 0.5) is 13.2 Å². The first-order valence-corrected chi connectivity index (χ1v) is 6.98. The molecule has 2 aromatic rings. The number of alkyl halides is 3. The van der Waals surface area contributed by atoms with Gasteiger partial charge in [0.2, 0.25) is 0 Å². The summed E-state index contributed by atoms with van der Waals surface area (Å²) in [5.41, 5.74) is 4.02. The molecule has 0 saturated carbocycles. The number of hydrogen-bond acceptors (Lipinski definition) is 3. The van der Waals surface area contributed by atoms with E-state index in [1.54, 1.807) is 11.4 Å². The van der Waals surface area contributed by atoms with E-state index in [9.17, 15) is 22.8 Å². The summed E-state index contributed by atoms with van der Waals surface area (Å²) >= 11 is 1.20. The maximum atomic E-state index is 12.6. The van der Waals surface area contributed by atoms with Crippen LogP contribution in [0.1, 0.15) is 31.2 Å². The molecule has 8 heteroatoms. The zero-order valence-electron chi connectivity index (χ0n) is 11.3. The Kier molecular flexibility index (Phi) is 4.51. The highest BCUT2D eigenvalue weighted by molar-refractivity contribution is 7.12. The molecule has 2 amide bonds. The molecule has 0 unspecified atom stereocenters. The van der Waals surface area contributed by atoms with Gasteiger partial charge in [0.05, 0.1) is 10.4 Å². The molecular formula is C14H11F3N2O2S. The van der Waals surface area contributed by atoms with Crippen LogP contribution in [0.25, 0.3) is 0 Å². The number of carbonyl (C=O) groups is 2. The quantitative estimate of drug-likeness (QED) is 0.832. The third-order valence-corrected chi connectivity index (χ3v) is 3.74. The van der Waals surface area contributed by atoms with Crippen molar-refractivity contribution in [3.8, 4) is 0 Å². The van der Waals surface area contributed by atoms with Crippen molar-refractivity contribution in [3.63, 3.8) is 0 Å². The summed E-state index contributed by atoms with van der Waals surface area (Å²) in [6.07, 6.45) is -4.53. The Bertz CT molecular complexity index is 710. The van der Waals surface area contributed by atoms with Gasteiger partial charge in [-0.1, -0.05) is 6.07 Å². The van der Waals surface area contributed by atoms with Crippen LogP contribution in [0.5, 0.6) is 0 Å². The molecule has 0 bridgehead atoms. The number of nitrogens with one attached hydrogen (secondary N) is 2. The summed E-state index contributed by atoms with van der Waals surface area (Å²) in [6, 6.07) is 5.57. The molecule has 1 heterocycles. The van der Waals surface area contributed by atoms with E-state index in [1.165, 1.54) is 17.4 Å². The van der Waals surface area contributed by atoms with E-state index in [0.29, 0.717) is 4.88 Å². The van der Waals surface area contributed by atoms with Crippen molar-refractivity contribution in [1.29, 1.82) is 0 Å². The number of hydrazine groups is 1. The van der Waals surface area contributed by atoms with Crippen LogP contribution in [0.2, 0.25) is 0 Å². The number of hydrogen-bond donors (Lipinski definition) is 2. The van der Waals surface area contributed by atoms with Crippen LogP contribution in [0.3, 0.4) is 0 Å². The summed E-state index contributed by atoms with van der Waals surface area (Å²) in [4.78, 5) is 23.9. The van der Waals surface area contributed by atoms with E-state index >= 15 is 0 Å². The van der Waals surface area contributed by atoms with Crippen molar-refractivity contribution in [2.45, 2.75) is 13.1 Å². The molecule has 0 aliphatic carbocycles. The van der Waals surface area contributed by atoms with Gasteiger partial charge in [-0.2, -0.15) is 13.2 Å². The average Bonchev–Trinajstić information content (AvgIpc) is 2.90. The van der Waals surface area contributed by atoms with E-state index < -0.39 is 23.6 Å². The minimum atomic E-state index is -4.53. The molecule has 2 rings (SSSR count). The largest absolute Gasteiger partial charge is 0.416 e. The first kappa shape index (κ1) is 16.0. The standard InChI is InChI=1S/C14H11F3N2O2S/c1-8-5-11(22-7-8)13(21)19-18-12(20)9-3-2-4-10(6-9)14(15,16)17/h2-7H,1H3,(H,18,20)(H,19,21). The van der Waals surface area contributed by atoms with Gasteiger partial charge in [-0.15, -0.1) is 11.3 Å². The number of amides is 2. The van der Waals surface area contributed by atoms with Gasteiger partial charge in [-0.3, -0.25) is 20.4 Å². The first-order chi connectivity index (χ1) is 10.3. The van der Waals surface area contributed by atoms with E-state index in [-0.39, 0.29) is 5.56 Å². The predicted octanol–water partition coefficient (Wildman–Crippen LogP) is 3.15. The van der Waals surface area contributed by atoms with Crippen LogP contribution < -0.4 is 10.9 Å². The predicted molar refractivity (Wildman–Crippen MR) is 75.4 cm³/mol. The Morgan fingerprint density at radius 2 is 1.77 bits per heavy atom. The smallest absolute Gasteiger partial charge is 0.267 e. The number of carbonyl (C=O) groups excluding carboxylic acids is 2. The van der Waals surface area contributed by atoms with Gasteiger partial charge in [-0.05, 0) is 42.1 Å². The summed E-state index contributed by atoms with van der Waals surface area (Å²) in [6.45, 7) is 1.81. The lowest BCUT2D eigenvalue weighted by Crippen LogP contribution is -2.41. The SMILES string of the molecule is Cc1csc(C(=O)NNC(=O)c2cccc(C(F)(F)F)c2)c1. The molecule has 0 saturated heterocycles. The fraction of sp³-hybridized carbons (Fsp3) is 0.143. The highest BCUT2D eigenvalue weighted by Crippen LogP contribution is 2.29. The average molecular weight is 328 g/mol. The van der Waals surface area contributed by atoms with Gasteiger partial charge in [0.1, 0.15) is 0 Å². The Labute approximate surface area is 127 Å². The lowest BCUT2D eigenvalue weighted by molar-refractivity contribution is -0.137. The number of rotatable bonds is 2. The van der Waals surface area contributed by atoms with Crippen LogP contribution in [-0.2, 0) is 6.18 Å². The molecule has 22 heavy (non-hydrogen) atoms. The third-order valence-electron chi connectivity index (χ3n) is 2.70. The second-order valence-corrected chi connectivity index (χ2v) is 5.39. The molecule has 0 radical (unpaired) electrons. The number of benzene rings is 1. The summed E-state index contributed by atoms with van der Waals surface area (Å²) < 4.78 is 37.7. The number of aryl methyl sites for hydroxylation is 1. The minimum Gasteiger partial charge on any atom is -0.267 e. The molecule has 0 aliphatic heterocycles. The van der Waals surface area contributed by atoms with Gasteiger partial charge in [-0.25, -0.2) is 0 Å². The van der Waals surface area contributed by atoms with Gasteiger partial charge < -0.3 is 0 Å². The van der Waals surface area contributed by atoms with Crippen molar-refractivity contribution < 1.29 is 22.8 Å². The van der Waals surface area contributed by atoms with E-state index in [4.69, 9.17) is 0 Å². The monoisotopic (exact) mass is 328 g/mol. The van der Waals surface area contributed by atoms with E-state index in [0.717, 1.165) is 23.8 Å². The maximum Gasteiger partial charge on any atom is 0.416 e. The molecule has 1 aromatic heterocycles. The Morgan fingerprint density at radius 3 is 2.36 bits per heavy atom. The maximum absolute atomic E-state index is 12.6. The zero-order chi connectivity index (χ0) is 16.3. The Balaban J connectivity index is 2.02. The highest BCUT2D eigenvalue weighted by atomic mass is 32.1. The second-order valence-electron chi connectivity index (χ2n) is 4.48. The molecule has 116 valence electrons. The lowest BCUT2D eigenvalue weighted by Gasteiger charge is -2.09. The van der Waals surface area contributed by atoms with E-state index in [1.807, 2.05) is 6.92 Å². The van der Waals surface area contributed by atoms with Crippen LogP contribution in [0.15, 0.2) is 35.7 Å². The zero-order valence-corrected chi connectivity index (χ0v) is 12.1. The minimum absolute atomic E-state index is 0.197. The number of thiophene rings is 1. The van der Waals surface area contributed by atoms with Crippen LogP contribution in [-0.4, -0.2) is 11.8 Å². The number of halogens is 3. The molecule has 0 atom stereocenters. The fourth-order valence-electron chi connectivity index (χ4n) is 1.63. The van der Waals surface area contributed by atoms with Crippen molar-refractivity contribution in [2.24, 2.45) is 0 Å². The summed E-state index contributed by atoms with van der Waals surface area (Å²) in [7, 11) is 0. The van der Waals surface area contributed by atoms with Gasteiger partial charge >= 0.3 is 6.18 Å². The fourth-order valence-corrected chi connectivity index (χ4v) is 2.43. The Morgan fingerprint density at radius 1 is 1.09 bits per heavy atom. The molecule has 0 fully saturated rings. The molecule has 4 nitrogen and oxygen atoms in total. The summed E-state index contributed by atoms with van der Waals surface area (Å²) in [5, 5.41) is 1.77. The van der Waals surface area contributed by atoms with E-state index in [2.05, 4.69) is 10.9 Å². The van der Waals surface area contributed by atoms with Crippen molar-refractivity contribution in [3.05, 3.63) is 57.3 Å². The highest BCUT2D eigenvalue weighted by Gasteiger charge is 2.30. The van der Waals surface area contributed by atoms with Gasteiger partial charge in [0.15, 0.2) is 0 Å².